The number of para-hydroxylation sites is 1. The van der Waals surface area contributed by atoms with Crippen LogP contribution in [0.1, 0.15) is 19.4 Å². The molecule has 3 rings (SSSR count). The van der Waals surface area contributed by atoms with E-state index in [4.69, 9.17) is 16.3 Å². The quantitative estimate of drug-likeness (QED) is 0.399. The first-order valence-electron chi connectivity index (χ1n) is 10.1. The summed E-state index contributed by atoms with van der Waals surface area (Å²) in [5.41, 5.74) is 2.84. The Labute approximate surface area is 188 Å². The van der Waals surface area contributed by atoms with Crippen LogP contribution in [0, 0.1) is 5.92 Å². The van der Waals surface area contributed by atoms with Crippen molar-refractivity contribution >= 4 is 47.2 Å². The van der Waals surface area contributed by atoms with Gasteiger partial charge in [0.2, 0.25) is 5.95 Å². The highest BCUT2D eigenvalue weighted by molar-refractivity contribution is 7.70. The van der Waals surface area contributed by atoms with Gasteiger partial charge in [-0.1, -0.05) is 43.6 Å². The number of halogens is 1. The third kappa shape index (κ3) is 5.99. The minimum atomic E-state index is -2.40. The summed E-state index contributed by atoms with van der Waals surface area (Å²) in [6.45, 7) is 7.83. The Kier molecular flexibility index (Phi) is 7.24. The lowest BCUT2D eigenvalue weighted by molar-refractivity contribution is 0.417. The second-order valence-electron chi connectivity index (χ2n) is 8.13. The van der Waals surface area contributed by atoms with Crippen LogP contribution in [0.5, 0.6) is 5.75 Å². The number of rotatable bonds is 8. The lowest BCUT2D eigenvalue weighted by Gasteiger charge is -2.16. The summed E-state index contributed by atoms with van der Waals surface area (Å²) in [6.07, 6.45) is 2.50. The maximum Gasteiger partial charge on any atom is 0.229 e. The number of methoxy groups -OCH3 is 1. The van der Waals surface area contributed by atoms with E-state index >= 15 is 0 Å². The molecular weight excluding hydrogens is 431 g/mol. The van der Waals surface area contributed by atoms with Crippen LogP contribution in [0.15, 0.2) is 48.7 Å². The molecule has 0 aliphatic carbocycles. The Hall–Kier alpha value is -2.56. The van der Waals surface area contributed by atoms with Crippen LogP contribution in [-0.2, 0) is 11.0 Å². The number of ether oxygens (including phenoxy) is 1. The second-order valence-corrected chi connectivity index (χ2v) is 11.8. The van der Waals surface area contributed by atoms with E-state index in [0.29, 0.717) is 34.1 Å². The first-order chi connectivity index (χ1) is 14.7. The normalized spacial score (nSPS) is 11.5. The molecule has 0 spiro atoms. The molecule has 0 bridgehead atoms. The molecule has 0 fully saturated rings. The van der Waals surface area contributed by atoms with E-state index in [1.54, 1.807) is 32.7 Å². The Morgan fingerprint density at radius 1 is 1.10 bits per heavy atom. The predicted octanol–water partition coefficient (Wildman–Crippen LogP) is 6.07. The van der Waals surface area contributed by atoms with Gasteiger partial charge < -0.3 is 19.9 Å². The van der Waals surface area contributed by atoms with E-state index in [9.17, 15) is 4.57 Å². The standard InChI is InChI=1S/C23H28ClN4O2P/c1-15(2)12-16-8-6-7-9-19(16)26-22-18(24)14-25-23(28-22)27-20-11-10-17(31(4,5)29)13-21(20)30-3/h6-11,13-15H,12H2,1-5H3,(H2,25,26,27,28). The van der Waals surface area contributed by atoms with E-state index in [1.807, 2.05) is 30.3 Å². The van der Waals surface area contributed by atoms with Crippen LogP contribution in [-0.4, -0.2) is 30.4 Å². The van der Waals surface area contributed by atoms with Crippen molar-refractivity contribution in [2.75, 3.05) is 31.1 Å². The molecule has 0 saturated heterocycles. The second kappa shape index (κ2) is 9.71. The van der Waals surface area contributed by atoms with E-state index < -0.39 is 7.14 Å². The third-order valence-corrected chi connectivity index (χ3v) is 6.49. The molecule has 1 heterocycles. The number of nitrogens with zero attached hydrogens (tertiary/aromatic N) is 2. The first kappa shape index (κ1) is 23.1. The van der Waals surface area contributed by atoms with Crippen LogP contribution in [0.3, 0.4) is 0 Å². The fourth-order valence-corrected chi connectivity index (χ4v) is 4.14. The molecule has 31 heavy (non-hydrogen) atoms. The molecule has 0 saturated carbocycles. The van der Waals surface area contributed by atoms with E-state index in [1.165, 1.54) is 5.56 Å². The predicted molar refractivity (Wildman–Crippen MR) is 131 cm³/mol. The average molecular weight is 459 g/mol. The molecule has 0 radical (unpaired) electrons. The minimum absolute atomic E-state index is 0.371. The van der Waals surface area contributed by atoms with Crippen LogP contribution in [0.25, 0.3) is 0 Å². The molecule has 3 aromatic rings. The van der Waals surface area contributed by atoms with Crippen LogP contribution >= 0.6 is 18.7 Å². The van der Waals surface area contributed by atoms with Gasteiger partial charge >= 0.3 is 0 Å². The van der Waals surface area contributed by atoms with Crippen molar-refractivity contribution in [3.05, 3.63) is 59.2 Å². The molecule has 8 heteroatoms. The van der Waals surface area contributed by atoms with Crippen molar-refractivity contribution < 1.29 is 9.30 Å². The van der Waals surface area contributed by atoms with Gasteiger partial charge in [0.25, 0.3) is 0 Å². The van der Waals surface area contributed by atoms with Crippen molar-refractivity contribution in [3.8, 4) is 5.75 Å². The summed E-state index contributed by atoms with van der Waals surface area (Å²) < 4.78 is 17.9. The van der Waals surface area contributed by atoms with E-state index in [-0.39, 0.29) is 0 Å². The topological polar surface area (TPSA) is 76.1 Å². The van der Waals surface area contributed by atoms with Gasteiger partial charge in [0, 0.05) is 11.0 Å². The van der Waals surface area contributed by atoms with Gasteiger partial charge in [-0.2, -0.15) is 4.98 Å². The van der Waals surface area contributed by atoms with Crippen molar-refractivity contribution in [2.24, 2.45) is 5.92 Å². The number of hydrogen-bond acceptors (Lipinski definition) is 6. The third-order valence-electron chi connectivity index (χ3n) is 4.70. The number of anilines is 4. The number of hydrogen-bond donors (Lipinski definition) is 2. The zero-order chi connectivity index (χ0) is 22.6. The van der Waals surface area contributed by atoms with E-state index in [2.05, 4.69) is 40.5 Å². The number of benzene rings is 2. The molecule has 0 unspecified atom stereocenters. The summed E-state index contributed by atoms with van der Waals surface area (Å²) in [6, 6.07) is 13.5. The Morgan fingerprint density at radius 2 is 1.84 bits per heavy atom. The van der Waals surface area contributed by atoms with Gasteiger partial charge in [-0.3, -0.25) is 0 Å². The van der Waals surface area contributed by atoms with Gasteiger partial charge in [0.15, 0.2) is 5.82 Å². The van der Waals surface area contributed by atoms with Crippen molar-refractivity contribution in [1.82, 2.24) is 9.97 Å². The first-order valence-corrected chi connectivity index (χ1v) is 13.0. The zero-order valence-electron chi connectivity index (χ0n) is 18.4. The van der Waals surface area contributed by atoms with E-state index in [0.717, 1.165) is 17.4 Å². The summed E-state index contributed by atoms with van der Waals surface area (Å²) in [4.78, 5) is 8.84. The number of aromatic nitrogens is 2. The maximum absolute atomic E-state index is 12.4. The van der Waals surface area contributed by atoms with Gasteiger partial charge in [-0.15, -0.1) is 0 Å². The van der Waals surface area contributed by atoms with Gasteiger partial charge in [0.1, 0.15) is 17.9 Å². The minimum Gasteiger partial charge on any atom is -0.495 e. The Balaban J connectivity index is 1.88. The smallest absolute Gasteiger partial charge is 0.229 e. The van der Waals surface area contributed by atoms with Gasteiger partial charge in [-0.05, 0) is 55.5 Å². The molecule has 6 nitrogen and oxygen atoms in total. The molecule has 2 aromatic carbocycles. The lowest BCUT2D eigenvalue weighted by Crippen LogP contribution is -2.07. The highest BCUT2D eigenvalue weighted by atomic mass is 35.5. The fraction of sp³-hybridized carbons (Fsp3) is 0.304. The summed E-state index contributed by atoms with van der Waals surface area (Å²) >= 11 is 6.37. The molecular formula is C23H28ClN4O2P. The zero-order valence-corrected chi connectivity index (χ0v) is 20.1. The van der Waals surface area contributed by atoms with Crippen molar-refractivity contribution in [1.29, 1.82) is 0 Å². The SMILES string of the molecule is COc1cc(P(C)(C)=O)ccc1Nc1ncc(Cl)c(Nc2ccccc2CC(C)C)n1. The van der Waals surface area contributed by atoms with Crippen LogP contribution < -0.4 is 20.7 Å². The van der Waals surface area contributed by atoms with Crippen LogP contribution in [0.2, 0.25) is 5.02 Å². The molecule has 0 aliphatic heterocycles. The molecule has 0 atom stereocenters. The molecule has 0 aliphatic rings. The largest absolute Gasteiger partial charge is 0.495 e. The number of nitrogens with one attached hydrogen (secondary N) is 2. The molecule has 1 aromatic heterocycles. The fourth-order valence-electron chi connectivity index (χ4n) is 3.14. The Bertz CT molecular complexity index is 1110. The summed E-state index contributed by atoms with van der Waals surface area (Å²) in [5, 5.41) is 7.67. The average Bonchev–Trinajstić information content (AvgIpc) is 2.71. The molecule has 0 amide bonds. The molecule has 2 N–H and O–H groups in total. The Morgan fingerprint density at radius 3 is 2.52 bits per heavy atom. The summed E-state index contributed by atoms with van der Waals surface area (Å²) in [7, 11) is -0.824. The highest BCUT2D eigenvalue weighted by Gasteiger charge is 2.15. The van der Waals surface area contributed by atoms with Gasteiger partial charge in [-0.25, -0.2) is 4.98 Å². The summed E-state index contributed by atoms with van der Waals surface area (Å²) in [5.74, 6) is 1.97. The molecule has 164 valence electrons. The maximum atomic E-state index is 12.4. The van der Waals surface area contributed by atoms with Crippen molar-refractivity contribution in [3.63, 3.8) is 0 Å². The van der Waals surface area contributed by atoms with Gasteiger partial charge in [0.05, 0.1) is 19.0 Å². The lowest BCUT2D eigenvalue weighted by atomic mass is 10.0. The monoisotopic (exact) mass is 458 g/mol. The van der Waals surface area contributed by atoms with Crippen molar-refractivity contribution in [2.45, 2.75) is 20.3 Å². The highest BCUT2D eigenvalue weighted by Crippen LogP contribution is 2.38. The van der Waals surface area contributed by atoms with Crippen LogP contribution in [0.4, 0.5) is 23.1 Å².